The highest BCUT2D eigenvalue weighted by atomic mass is 127. The summed E-state index contributed by atoms with van der Waals surface area (Å²) in [6, 6.07) is 0. The molecule has 1 rings (SSSR count). The highest BCUT2D eigenvalue weighted by molar-refractivity contribution is 14.1. The third-order valence-electron chi connectivity index (χ3n) is 3.49. The van der Waals surface area contributed by atoms with E-state index < -0.39 is 11.6 Å². The zero-order chi connectivity index (χ0) is 12.7. The molecule has 0 radical (unpaired) electrons. The summed E-state index contributed by atoms with van der Waals surface area (Å²) in [5.41, 5.74) is -0.982. The predicted molar refractivity (Wildman–Crippen MR) is 70.1 cm³/mol. The molecule has 0 aromatic heterocycles. The minimum atomic E-state index is -1.03. The van der Waals surface area contributed by atoms with Crippen LogP contribution < -0.4 is 0 Å². The molecule has 0 N–H and O–H groups in total. The fourth-order valence-corrected chi connectivity index (χ4v) is 2.14. The second-order valence-corrected chi connectivity index (χ2v) is 6.80. The lowest BCUT2D eigenvalue weighted by atomic mass is 9.97. The summed E-state index contributed by atoms with van der Waals surface area (Å²) >= 11 is 2.10. The van der Waals surface area contributed by atoms with Crippen molar-refractivity contribution in [3.63, 3.8) is 0 Å². The van der Waals surface area contributed by atoms with E-state index in [1.54, 1.807) is 6.92 Å². The maximum Gasteiger partial charge on any atom is 0.316 e. The van der Waals surface area contributed by atoms with E-state index in [0.717, 1.165) is 0 Å². The fraction of sp³-hybridized carbons (Fsp3) is 0.917. The van der Waals surface area contributed by atoms with Crippen LogP contribution in [0.5, 0.6) is 0 Å². The molecule has 0 aromatic rings. The highest BCUT2D eigenvalue weighted by Gasteiger charge is 2.68. The van der Waals surface area contributed by atoms with Gasteiger partial charge in [0.05, 0.1) is 0 Å². The maximum atomic E-state index is 13.5. The van der Waals surface area contributed by atoms with Crippen LogP contribution in [0.3, 0.4) is 0 Å². The van der Waals surface area contributed by atoms with Crippen LogP contribution in [0.1, 0.15) is 41.0 Å². The molecule has 0 bridgehead atoms. The molecule has 1 fully saturated rings. The summed E-state index contributed by atoms with van der Waals surface area (Å²) in [5.74, 6) is -0.571. The largest absolute Gasteiger partial charge is 0.451 e. The minimum absolute atomic E-state index is 0.116. The van der Waals surface area contributed by atoms with Gasteiger partial charge in [0, 0.05) is 11.3 Å². The van der Waals surface area contributed by atoms with Crippen LogP contribution in [0.25, 0.3) is 0 Å². The summed E-state index contributed by atoms with van der Waals surface area (Å²) in [6.45, 7) is 9.61. The normalized spacial score (nSPS) is 35.7. The Kier molecular flexibility index (Phi) is 3.92. The van der Waals surface area contributed by atoms with E-state index >= 15 is 0 Å². The molecule has 1 saturated carbocycles. The SMILES string of the molecule is CCC1(C(=O)OC(I)C(C)(C)C)C(C)C1F. The Balaban J connectivity index is 2.67. The van der Waals surface area contributed by atoms with Crippen molar-refractivity contribution in [2.45, 2.75) is 51.3 Å². The molecule has 2 nitrogen and oxygen atoms in total. The summed E-state index contributed by atoms with van der Waals surface area (Å²) in [4.78, 5) is 12.0. The van der Waals surface area contributed by atoms with Gasteiger partial charge in [0.25, 0.3) is 0 Å². The van der Waals surface area contributed by atoms with E-state index in [0.29, 0.717) is 6.42 Å². The lowest BCUT2D eigenvalue weighted by Crippen LogP contribution is -2.31. The van der Waals surface area contributed by atoms with Crippen LogP contribution in [0.2, 0.25) is 0 Å². The number of halogens is 2. The van der Waals surface area contributed by atoms with Crippen molar-refractivity contribution >= 4 is 28.6 Å². The van der Waals surface area contributed by atoms with Crippen LogP contribution in [0.4, 0.5) is 4.39 Å². The first kappa shape index (κ1) is 14.2. The van der Waals surface area contributed by atoms with Gasteiger partial charge in [-0.15, -0.1) is 0 Å². The molecule has 0 aliphatic heterocycles. The summed E-state index contributed by atoms with van der Waals surface area (Å²) in [7, 11) is 0. The predicted octanol–water partition coefficient (Wildman–Crippen LogP) is 3.72. The third kappa shape index (κ3) is 2.22. The quantitative estimate of drug-likeness (QED) is 0.444. The molecule has 0 aromatic carbocycles. The van der Waals surface area contributed by atoms with Crippen molar-refractivity contribution in [3.8, 4) is 0 Å². The molecule has 16 heavy (non-hydrogen) atoms. The van der Waals surface area contributed by atoms with Gasteiger partial charge in [0.15, 0.2) is 4.11 Å². The van der Waals surface area contributed by atoms with Gasteiger partial charge in [-0.25, -0.2) is 4.39 Å². The Labute approximate surface area is 110 Å². The Morgan fingerprint density at radius 1 is 1.56 bits per heavy atom. The molecule has 0 amide bonds. The topological polar surface area (TPSA) is 26.3 Å². The molecule has 4 unspecified atom stereocenters. The third-order valence-corrected chi connectivity index (χ3v) is 5.61. The van der Waals surface area contributed by atoms with E-state index in [1.807, 2.05) is 27.7 Å². The van der Waals surface area contributed by atoms with Crippen molar-refractivity contribution in [2.24, 2.45) is 16.7 Å². The number of ether oxygens (including phenoxy) is 1. The lowest BCUT2D eigenvalue weighted by Gasteiger charge is -2.27. The lowest BCUT2D eigenvalue weighted by molar-refractivity contribution is -0.155. The molecule has 94 valence electrons. The van der Waals surface area contributed by atoms with Crippen molar-refractivity contribution in [1.82, 2.24) is 0 Å². The number of hydrogen-bond acceptors (Lipinski definition) is 2. The number of alkyl halides is 2. The summed E-state index contributed by atoms with van der Waals surface area (Å²) < 4.78 is 18.7. The average Bonchev–Trinajstić information content (AvgIpc) is 2.69. The monoisotopic (exact) mass is 342 g/mol. The van der Waals surface area contributed by atoms with Crippen LogP contribution in [-0.2, 0) is 9.53 Å². The second-order valence-electron chi connectivity index (χ2n) is 5.67. The van der Waals surface area contributed by atoms with Crippen molar-refractivity contribution in [3.05, 3.63) is 0 Å². The van der Waals surface area contributed by atoms with Crippen LogP contribution in [-0.4, -0.2) is 16.3 Å². The molecule has 0 heterocycles. The highest BCUT2D eigenvalue weighted by Crippen LogP contribution is 2.58. The number of hydrogen-bond donors (Lipinski definition) is 0. The van der Waals surface area contributed by atoms with Crippen molar-refractivity contribution in [1.29, 1.82) is 0 Å². The van der Waals surface area contributed by atoms with Gasteiger partial charge in [0.1, 0.15) is 11.6 Å². The zero-order valence-electron chi connectivity index (χ0n) is 10.5. The van der Waals surface area contributed by atoms with E-state index in [9.17, 15) is 9.18 Å². The van der Waals surface area contributed by atoms with Gasteiger partial charge in [-0.1, -0.05) is 34.6 Å². The van der Waals surface area contributed by atoms with E-state index in [1.165, 1.54) is 0 Å². The first-order valence-electron chi connectivity index (χ1n) is 5.67. The zero-order valence-corrected chi connectivity index (χ0v) is 12.7. The van der Waals surface area contributed by atoms with E-state index in [4.69, 9.17) is 4.74 Å². The van der Waals surface area contributed by atoms with Gasteiger partial charge in [0.2, 0.25) is 0 Å². The Morgan fingerprint density at radius 3 is 2.25 bits per heavy atom. The number of carbonyl (C=O) groups is 1. The van der Waals surface area contributed by atoms with Crippen LogP contribution >= 0.6 is 22.6 Å². The van der Waals surface area contributed by atoms with Gasteiger partial charge >= 0.3 is 5.97 Å². The van der Waals surface area contributed by atoms with Crippen molar-refractivity contribution in [2.75, 3.05) is 0 Å². The number of rotatable bonds is 3. The Hall–Kier alpha value is 0.130. The Bertz CT molecular complexity index is 277. The second kappa shape index (κ2) is 4.42. The number of esters is 1. The molecule has 0 saturated heterocycles. The van der Waals surface area contributed by atoms with Gasteiger partial charge < -0.3 is 4.74 Å². The molecule has 1 aliphatic rings. The van der Waals surface area contributed by atoms with Crippen LogP contribution in [0, 0.1) is 16.7 Å². The van der Waals surface area contributed by atoms with Gasteiger partial charge in [-0.3, -0.25) is 4.79 Å². The van der Waals surface area contributed by atoms with Gasteiger partial charge in [-0.2, -0.15) is 0 Å². The molecule has 1 aliphatic carbocycles. The molecule has 4 atom stereocenters. The van der Waals surface area contributed by atoms with Crippen LogP contribution in [0.15, 0.2) is 0 Å². The van der Waals surface area contributed by atoms with Crippen molar-refractivity contribution < 1.29 is 13.9 Å². The standard InChI is InChI=1S/C12H20FIO2/c1-6-12(7(2)8(12)13)10(15)16-9(14)11(3,4)5/h7-9H,6H2,1-5H3. The average molecular weight is 342 g/mol. The number of carbonyl (C=O) groups excluding carboxylic acids is 1. The maximum absolute atomic E-state index is 13.5. The summed E-state index contributed by atoms with van der Waals surface area (Å²) in [5, 5.41) is 0. The first-order chi connectivity index (χ1) is 7.17. The smallest absolute Gasteiger partial charge is 0.316 e. The molecule has 4 heteroatoms. The van der Waals surface area contributed by atoms with E-state index in [-0.39, 0.29) is 21.4 Å². The Morgan fingerprint density at radius 2 is 2.00 bits per heavy atom. The first-order valence-corrected chi connectivity index (χ1v) is 6.91. The molecule has 0 spiro atoms. The fourth-order valence-electron chi connectivity index (χ4n) is 1.91. The summed E-state index contributed by atoms with van der Waals surface area (Å²) in [6.07, 6.45) is -0.518. The van der Waals surface area contributed by atoms with Gasteiger partial charge in [-0.05, 0) is 29.0 Å². The van der Waals surface area contributed by atoms with E-state index in [2.05, 4.69) is 22.6 Å². The molecular weight excluding hydrogens is 322 g/mol. The molecular formula is C12H20FIO2. The minimum Gasteiger partial charge on any atom is -0.451 e.